The second kappa shape index (κ2) is 22.0. The summed E-state index contributed by atoms with van der Waals surface area (Å²) in [6.45, 7) is 7.66. The summed E-state index contributed by atoms with van der Waals surface area (Å²) in [6, 6.07) is -1.04. The summed E-state index contributed by atoms with van der Waals surface area (Å²) in [6.07, 6.45) is 9.16. The van der Waals surface area contributed by atoms with Crippen molar-refractivity contribution < 1.29 is 39.5 Å². The molecule has 6 N–H and O–H groups in total. The van der Waals surface area contributed by atoms with E-state index in [0.717, 1.165) is 32.1 Å². The highest BCUT2D eigenvalue weighted by Gasteiger charge is 2.44. The second-order valence-electron chi connectivity index (χ2n) is 11.7. The molecule has 7 atom stereocenters. The Bertz CT molecular complexity index is 744. The zero-order valence-corrected chi connectivity index (χ0v) is 25.9. The van der Waals surface area contributed by atoms with Crippen molar-refractivity contribution in [3.05, 3.63) is 11.6 Å². The standard InChI is InChI=1S/C31H58N2O8/c1-5-6-7-8-9-10-11-12-13-16-19-32-30(39)24(33-29(38)23(4)18-15-14-17-22(2)3)21-40-31-28(37)27(36)26(35)25(20-34)41-31/h17,23-28,31,34-37H,5-16,18-21H2,1-4H3,(H,32,39)(H,33,38)/t23?,24-,25+,26-,27-,28+,31-/m0/s1. The van der Waals surface area contributed by atoms with Crippen LogP contribution in [0, 0.1) is 5.92 Å². The third-order valence-corrected chi connectivity index (χ3v) is 7.58. The zero-order chi connectivity index (χ0) is 30.6. The van der Waals surface area contributed by atoms with Crippen LogP contribution in [-0.4, -0.2) is 88.7 Å². The Morgan fingerprint density at radius 2 is 1.49 bits per heavy atom. The summed E-state index contributed by atoms with van der Waals surface area (Å²) in [4.78, 5) is 25.9. The number of carbonyl (C=O) groups excluding carboxylic acids is 2. The molecule has 10 nitrogen and oxygen atoms in total. The van der Waals surface area contributed by atoms with E-state index >= 15 is 0 Å². The predicted octanol–water partition coefficient (Wildman–Crippen LogP) is 3.10. The Hall–Kier alpha value is -1.56. The van der Waals surface area contributed by atoms with Gasteiger partial charge in [0.05, 0.1) is 13.2 Å². The van der Waals surface area contributed by atoms with Crippen LogP contribution in [0.15, 0.2) is 11.6 Å². The van der Waals surface area contributed by atoms with E-state index in [9.17, 15) is 30.0 Å². The van der Waals surface area contributed by atoms with Crippen LogP contribution in [-0.2, 0) is 19.1 Å². The smallest absolute Gasteiger partial charge is 0.244 e. The first-order valence-corrected chi connectivity index (χ1v) is 15.8. The van der Waals surface area contributed by atoms with Gasteiger partial charge in [0.1, 0.15) is 30.5 Å². The van der Waals surface area contributed by atoms with E-state index in [1.165, 1.54) is 50.5 Å². The van der Waals surface area contributed by atoms with Crippen molar-refractivity contribution in [3.63, 3.8) is 0 Å². The van der Waals surface area contributed by atoms with Crippen molar-refractivity contribution >= 4 is 11.8 Å². The van der Waals surface area contributed by atoms with Crippen molar-refractivity contribution in [2.75, 3.05) is 19.8 Å². The first-order valence-electron chi connectivity index (χ1n) is 15.8. The van der Waals surface area contributed by atoms with Crippen LogP contribution in [0.4, 0.5) is 0 Å². The number of amides is 2. The van der Waals surface area contributed by atoms with Gasteiger partial charge in [-0.2, -0.15) is 0 Å². The van der Waals surface area contributed by atoms with Gasteiger partial charge in [0.15, 0.2) is 6.29 Å². The van der Waals surface area contributed by atoms with E-state index < -0.39 is 49.3 Å². The Morgan fingerprint density at radius 3 is 2.07 bits per heavy atom. The van der Waals surface area contributed by atoms with Gasteiger partial charge in [0.2, 0.25) is 11.8 Å². The monoisotopic (exact) mass is 586 g/mol. The van der Waals surface area contributed by atoms with E-state index in [2.05, 4.69) is 23.6 Å². The molecule has 1 fully saturated rings. The van der Waals surface area contributed by atoms with Crippen molar-refractivity contribution in [1.82, 2.24) is 10.6 Å². The van der Waals surface area contributed by atoms with Crippen molar-refractivity contribution in [3.8, 4) is 0 Å². The molecule has 1 rings (SSSR count). The van der Waals surface area contributed by atoms with E-state index in [0.29, 0.717) is 13.0 Å². The first kappa shape index (κ1) is 37.5. The molecule has 0 aliphatic carbocycles. The number of rotatable bonds is 22. The predicted molar refractivity (Wildman–Crippen MR) is 159 cm³/mol. The summed E-state index contributed by atoms with van der Waals surface area (Å²) >= 11 is 0. The number of hydrogen-bond acceptors (Lipinski definition) is 8. The molecule has 1 aliphatic heterocycles. The first-order chi connectivity index (χ1) is 19.6. The second-order valence-corrected chi connectivity index (χ2v) is 11.7. The Balaban J connectivity index is 2.60. The summed E-state index contributed by atoms with van der Waals surface area (Å²) < 4.78 is 11.0. The fraction of sp³-hybridized carbons (Fsp3) is 0.871. The number of hydrogen-bond donors (Lipinski definition) is 6. The average Bonchev–Trinajstić information content (AvgIpc) is 2.95. The molecule has 0 aromatic heterocycles. The van der Waals surface area contributed by atoms with Crippen molar-refractivity contribution in [2.45, 2.75) is 148 Å². The van der Waals surface area contributed by atoms with Crippen LogP contribution in [0.1, 0.15) is 111 Å². The van der Waals surface area contributed by atoms with Gasteiger partial charge in [-0.05, 0) is 39.5 Å². The largest absolute Gasteiger partial charge is 0.394 e. The number of carbonyl (C=O) groups is 2. The third kappa shape index (κ3) is 15.5. The molecule has 1 unspecified atom stereocenters. The SMILES string of the molecule is CCCCCCCCCCCCNC(=O)[C@H](CO[C@H]1O[C@H](CO)[C@H](O)[C@H](O)[C@H]1O)NC(=O)C(C)CCCC=C(C)C. The lowest BCUT2D eigenvalue weighted by Gasteiger charge is -2.39. The topological polar surface area (TPSA) is 158 Å². The van der Waals surface area contributed by atoms with Gasteiger partial charge in [-0.3, -0.25) is 9.59 Å². The molecule has 0 aromatic carbocycles. The average molecular weight is 587 g/mol. The van der Waals surface area contributed by atoms with Crippen LogP contribution in [0.25, 0.3) is 0 Å². The zero-order valence-electron chi connectivity index (χ0n) is 25.9. The van der Waals surface area contributed by atoms with E-state index in [4.69, 9.17) is 9.47 Å². The van der Waals surface area contributed by atoms with Crippen LogP contribution in [0.3, 0.4) is 0 Å². The minimum Gasteiger partial charge on any atom is -0.394 e. The molecule has 1 heterocycles. The molecule has 240 valence electrons. The highest BCUT2D eigenvalue weighted by molar-refractivity contribution is 5.88. The molecular formula is C31H58N2O8. The number of unbranched alkanes of at least 4 members (excludes halogenated alkanes) is 10. The van der Waals surface area contributed by atoms with Crippen molar-refractivity contribution in [2.24, 2.45) is 5.92 Å². The molecule has 0 spiro atoms. The van der Waals surface area contributed by atoms with Crippen LogP contribution < -0.4 is 10.6 Å². The molecule has 0 radical (unpaired) electrons. The quantitative estimate of drug-likeness (QED) is 0.0835. The highest BCUT2D eigenvalue weighted by Crippen LogP contribution is 2.22. The van der Waals surface area contributed by atoms with Gasteiger partial charge < -0.3 is 40.5 Å². The molecule has 2 amide bonds. The number of aliphatic hydroxyl groups is 4. The number of ether oxygens (including phenoxy) is 2. The molecular weight excluding hydrogens is 528 g/mol. The summed E-state index contributed by atoms with van der Waals surface area (Å²) in [5, 5.41) is 45.4. The molecule has 1 saturated heterocycles. The lowest BCUT2D eigenvalue weighted by atomic mass is 9.99. The van der Waals surface area contributed by atoms with Gasteiger partial charge in [-0.1, -0.05) is 83.3 Å². The maximum atomic E-state index is 13.0. The maximum absolute atomic E-state index is 13.0. The van der Waals surface area contributed by atoms with E-state index in [-0.39, 0.29) is 18.4 Å². The fourth-order valence-electron chi connectivity index (χ4n) is 4.79. The highest BCUT2D eigenvalue weighted by atomic mass is 16.7. The van der Waals surface area contributed by atoms with Crippen LogP contribution in [0.2, 0.25) is 0 Å². The van der Waals surface area contributed by atoms with E-state index in [1.54, 1.807) is 0 Å². The van der Waals surface area contributed by atoms with Crippen molar-refractivity contribution in [1.29, 1.82) is 0 Å². The molecule has 1 aliphatic rings. The minimum atomic E-state index is -1.59. The Labute approximate surface area is 247 Å². The normalized spacial score (nSPS) is 24.0. The molecule has 10 heteroatoms. The Morgan fingerprint density at radius 1 is 0.878 bits per heavy atom. The molecule has 0 aromatic rings. The number of nitrogens with one attached hydrogen (secondary N) is 2. The van der Waals surface area contributed by atoms with Gasteiger partial charge >= 0.3 is 0 Å². The number of aliphatic hydroxyl groups excluding tert-OH is 4. The Kier molecular flexibility index (Phi) is 20.1. The van der Waals surface area contributed by atoms with Gasteiger partial charge in [-0.25, -0.2) is 0 Å². The minimum absolute atomic E-state index is 0.279. The third-order valence-electron chi connectivity index (χ3n) is 7.58. The van der Waals surface area contributed by atoms with Gasteiger partial charge in [0, 0.05) is 12.5 Å². The fourth-order valence-corrected chi connectivity index (χ4v) is 4.79. The molecule has 0 bridgehead atoms. The molecule has 41 heavy (non-hydrogen) atoms. The summed E-state index contributed by atoms with van der Waals surface area (Å²) in [7, 11) is 0. The van der Waals surface area contributed by atoms with Crippen LogP contribution >= 0.6 is 0 Å². The number of allylic oxidation sites excluding steroid dienone is 2. The summed E-state index contributed by atoms with van der Waals surface area (Å²) in [5.74, 6) is -1.00. The maximum Gasteiger partial charge on any atom is 0.244 e. The van der Waals surface area contributed by atoms with E-state index in [1.807, 2.05) is 20.8 Å². The summed E-state index contributed by atoms with van der Waals surface area (Å²) in [5.41, 5.74) is 1.23. The lowest BCUT2D eigenvalue weighted by molar-refractivity contribution is -0.301. The van der Waals surface area contributed by atoms with Gasteiger partial charge in [-0.15, -0.1) is 0 Å². The van der Waals surface area contributed by atoms with Crippen LogP contribution in [0.5, 0.6) is 0 Å². The molecule has 0 saturated carbocycles. The van der Waals surface area contributed by atoms with Gasteiger partial charge in [0.25, 0.3) is 0 Å². The lowest BCUT2D eigenvalue weighted by Crippen LogP contribution is -2.60.